The molecule has 0 amide bonds. The van der Waals surface area contributed by atoms with Gasteiger partial charge in [-0.3, -0.25) is 4.79 Å². The Morgan fingerprint density at radius 3 is 2.81 bits per heavy atom. The summed E-state index contributed by atoms with van der Waals surface area (Å²) in [5, 5.41) is 10.5. The van der Waals surface area contributed by atoms with Crippen molar-refractivity contribution in [1.29, 1.82) is 0 Å². The average Bonchev–Trinajstić information content (AvgIpc) is 2.78. The molecule has 0 saturated heterocycles. The SMILES string of the molecule is COC(=O)C(CO)NS(=O)(=O)c1cccs1. The summed E-state index contributed by atoms with van der Waals surface area (Å²) in [5.41, 5.74) is 0. The molecular weight excluding hydrogens is 254 g/mol. The van der Waals surface area contributed by atoms with Crippen molar-refractivity contribution in [2.75, 3.05) is 13.7 Å². The zero-order valence-electron chi connectivity index (χ0n) is 8.41. The monoisotopic (exact) mass is 265 g/mol. The van der Waals surface area contributed by atoms with Crippen molar-refractivity contribution in [2.45, 2.75) is 10.3 Å². The van der Waals surface area contributed by atoms with E-state index in [4.69, 9.17) is 5.11 Å². The minimum atomic E-state index is -3.78. The van der Waals surface area contributed by atoms with E-state index in [1.165, 1.54) is 6.07 Å². The number of esters is 1. The Labute approximate surface area is 96.9 Å². The number of nitrogens with one attached hydrogen (secondary N) is 1. The molecule has 0 saturated carbocycles. The first kappa shape index (κ1) is 13.1. The Balaban J connectivity index is 2.84. The number of thiophene rings is 1. The Hall–Kier alpha value is -0.960. The number of aliphatic hydroxyl groups excluding tert-OH is 1. The number of hydrogen-bond donors (Lipinski definition) is 2. The van der Waals surface area contributed by atoms with Crippen LogP contribution in [0.15, 0.2) is 21.7 Å². The molecule has 0 aliphatic rings. The lowest BCUT2D eigenvalue weighted by atomic mass is 10.3. The third-order valence-electron chi connectivity index (χ3n) is 1.73. The Morgan fingerprint density at radius 1 is 1.69 bits per heavy atom. The molecule has 0 radical (unpaired) electrons. The lowest BCUT2D eigenvalue weighted by molar-refractivity contribution is -0.143. The van der Waals surface area contributed by atoms with Gasteiger partial charge in [-0.05, 0) is 11.4 Å². The van der Waals surface area contributed by atoms with Crippen LogP contribution < -0.4 is 4.72 Å². The highest BCUT2D eigenvalue weighted by Gasteiger charge is 2.26. The zero-order chi connectivity index (χ0) is 12.2. The molecule has 1 unspecified atom stereocenters. The molecule has 0 bridgehead atoms. The number of hydrogen-bond acceptors (Lipinski definition) is 6. The van der Waals surface area contributed by atoms with Gasteiger partial charge in [0.2, 0.25) is 0 Å². The van der Waals surface area contributed by atoms with Crippen LogP contribution in [0.2, 0.25) is 0 Å². The molecule has 0 aromatic carbocycles. The first-order valence-corrected chi connectivity index (χ1v) is 6.62. The van der Waals surface area contributed by atoms with E-state index in [1.807, 2.05) is 0 Å². The van der Waals surface area contributed by atoms with Crippen LogP contribution in [0.25, 0.3) is 0 Å². The van der Waals surface area contributed by atoms with Gasteiger partial charge in [0.05, 0.1) is 13.7 Å². The van der Waals surface area contributed by atoms with Gasteiger partial charge in [0.1, 0.15) is 10.3 Å². The van der Waals surface area contributed by atoms with Gasteiger partial charge in [-0.25, -0.2) is 8.42 Å². The number of ether oxygens (including phenoxy) is 1. The Morgan fingerprint density at radius 2 is 2.38 bits per heavy atom. The lowest BCUT2D eigenvalue weighted by Crippen LogP contribution is -2.43. The first-order chi connectivity index (χ1) is 7.51. The molecule has 90 valence electrons. The lowest BCUT2D eigenvalue weighted by Gasteiger charge is -2.12. The van der Waals surface area contributed by atoms with E-state index in [2.05, 4.69) is 9.46 Å². The Bertz CT molecular complexity index is 439. The summed E-state index contributed by atoms with van der Waals surface area (Å²) in [7, 11) is -2.66. The molecule has 1 aromatic rings. The molecule has 1 aromatic heterocycles. The van der Waals surface area contributed by atoms with Gasteiger partial charge in [-0.15, -0.1) is 11.3 Å². The molecule has 6 nitrogen and oxygen atoms in total. The van der Waals surface area contributed by atoms with Crippen molar-refractivity contribution >= 4 is 27.3 Å². The maximum atomic E-state index is 11.7. The summed E-state index contributed by atoms with van der Waals surface area (Å²) in [6, 6.07) is 1.70. The second-order valence-corrected chi connectivity index (χ2v) is 5.70. The van der Waals surface area contributed by atoms with Gasteiger partial charge in [-0.1, -0.05) is 6.07 Å². The molecule has 0 fully saturated rings. The normalized spacial score (nSPS) is 13.4. The third kappa shape index (κ3) is 3.01. The zero-order valence-corrected chi connectivity index (χ0v) is 10.0. The fourth-order valence-corrected chi connectivity index (χ4v) is 3.15. The quantitative estimate of drug-likeness (QED) is 0.704. The molecule has 0 aliphatic heterocycles. The molecule has 0 spiro atoms. The summed E-state index contributed by atoms with van der Waals surface area (Å²) >= 11 is 1.02. The van der Waals surface area contributed by atoms with E-state index in [0.717, 1.165) is 18.4 Å². The minimum Gasteiger partial charge on any atom is -0.468 e. The van der Waals surface area contributed by atoms with Crippen LogP contribution in [0, 0.1) is 0 Å². The highest BCUT2D eigenvalue weighted by molar-refractivity contribution is 7.91. The van der Waals surface area contributed by atoms with Crippen LogP contribution in [0.3, 0.4) is 0 Å². The van der Waals surface area contributed by atoms with Gasteiger partial charge in [0, 0.05) is 0 Å². The summed E-state index contributed by atoms with van der Waals surface area (Å²) < 4.78 is 29.8. The van der Waals surface area contributed by atoms with Crippen molar-refractivity contribution in [3.8, 4) is 0 Å². The summed E-state index contributed by atoms with van der Waals surface area (Å²) in [4.78, 5) is 11.1. The second-order valence-electron chi connectivity index (χ2n) is 2.81. The molecule has 16 heavy (non-hydrogen) atoms. The number of carbonyl (C=O) groups is 1. The summed E-state index contributed by atoms with van der Waals surface area (Å²) in [6.45, 7) is -0.655. The van der Waals surface area contributed by atoms with Crippen molar-refractivity contribution in [2.24, 2.45) is 0 Å². The van der Waals surface area contributed by atoms with Gasteiger partial charge in [0.25, 0.3) is 10.0 Å². The molecule has 1 atom stereocenters. The fraction of sp³-hybridized carbons (Fsp3) is 0.375. The topological polar surface area (TPSA) is 92.7 Å². The van der Waals surface area contributed by atoms with Gasteiger partial charge in [0.15, 0.2) is 0 Å². The van der Waals surface area contributed by atoms with Gasteiger partial charge in [-0.2, -0.15) is 4.72 Å². The predicted molar refractivity (Wildman–Crippen MR) is 57.5 cm³/mol. The van der Waals surface area contributed by atoms with E-state index >= 15 is 0 Å². The van der Waals surface area contributed by atoms with E-state index in [0.29, 0.717) is 0 Å². The van der Waals surface area contributed by atoms with Crippen LogP contribution in [0.1, 0.15) is 0 Å². The predicted octanol–water partition coefficient (Wildman–Crippen LogP) is -0.440. The van der Waals surface area contributed by atoms with Gasteiger partial charge >= 0.3 is 5.97 Å². The van der Waals surface area contributed by atoms with E-state index < -0.39 is 28.6 Å². The molecule has 1 rings (SSSR count). The van der Waals surface area contributed by atoms with E-state index in [1.54, 1.807) is 11.4 Å². The van der Waals surface area contributed by atoms with Crippen molar-refractivity contribution in [3.63, 3.8) is 0 Å². The maximum Gasteiger partial charge on any atom is 0.326 e. The van der Waals surface area contributed by atoms with Crippen molar-refractivity contribution < 1.29 is 23.1 Å². The van der Waals surface area contributed by atoms with E-state index in [-0.39, 0.29) is 4.21 Å². The smallest absolute Gasteiger partial charge is 0.326 e. The number of rotatable bonds is 5. The highest BCUT2D eigenvalue weighted by atomic mass is 32.2. The van der Waals surface area contributed by atoms with Gasteiger partial charge < -0.3 is 9.84 Å². The van der Waals surface area contributed by atoms with Crippen LogP contribution in [0.4, 0.5) is 0 Å². The average molecular weight is 265 g/mol. The first-order valence-electron chi connectivity index (χ1n) is 4.26. The van der Waals surface area contributed by atoms with Crippen LogP contribution in [0.5, 0.6) is 0 Å². The van der Waals surface area contributed by atoms with Crippen LogP contribution >= 0.6 is 11.3 Å². The van der Waals surface area contributed by atoms with E-state index in [9.17, 15) is 13.2 Å². The summed E-state index contributed by atoms with van der Waals surface area (Å²) in [5.74, 6) is -0.831. The molecule has 2 N–H and O–H groups in total. The Kier molecular flexibility index (Phi) is 4.42. The second kappa shape index (κ2) is 5.39. The largest absolute Gasteiger partial charge is 0.468 e. The maximum absolute atomic E-state index is 11.7. The van der Waals surface area contributed by atoms with Crippen LogP contribution in [-0.4, -0.2) is 39.3 Å². The third-order valence-corrected chi connectivity index (χ3v) is 4.59. The van der Waals surface area contributed by atoms with Crippen LogP contribution in [-0.2, 0) is 19.6 Å². The molecule has 1 heterocycles. The molecule has 8 heteroatoms. The van der Waals surface area contributed by atoms with Crippen molar-refractivity contribution in [1.82, 2.24) is 4.72 Å². The number of aliphatic hydroxyl groups is 1. The summed E-state index contributed by atoms with van der Waals surface area (Å²) in [6.07, 6.45) is 0. The fourth-order valence-electron chi connectivity index (χ4n) is 0.964. The number of methoxy groups -OCH3 is 1. The standard InChI is InChI=1S/C8H11NO5S2/c1-14-8(11)6(5-10)9-16(12,13)7-3-2-4-15-7/h2-4,6,9-10H,5H2,1H3. The number of sulfonamides is 1. The van der Waals surface area contributed by atoms with Crippen molar-refractivity contribution in [3.05, 3.63) is 17.5 Å². The molecule has 0 aliphatic carbocycles. The highest BCUT2D eigenvalue weighted by Crippen LogP contribution is 2.15. The molecular formula is C8H11NO5S2. The number of carbonyl (C=O) groups excluding carboxylic acids is 1. The minimum absolute atomic E-state index is 0.0786.